The second kappa shape index (κ2) is 2.87. The van der Waals surface area contributed by atoms with E-state index in [1.54, 1.807) is 11.0 Å². The van der Waals surface area contributed by atoms with Crippen molar-refractivity contribution >= 4 is 0 Å². The Labute approximate surface area is 87.0 Å². The van der Waals surface area contributed by atoms with Crippen LogP contribution in [0.2, 0.25) is 0 Å². The first kappa shape index (κ1) is 8.55. The summed E-state index contributed by atoms with van der Waals surface area (Å²) in [5, 5.41) is 4.01. The molecule has 3 rings (SSSR count). The summed E-state index contributed by atoms with van der Waals surface area (Å²) in [6.45, 7) is 0. The largest absolute Gasteiger partial charge is 0.321 e. The Hall–Kier alpha value is -1.75. The first-order valence-corrected chi connectivity index (χ1v) is 4.88. The highest BCUT2D eigenvalue weighted by Gasteiger charge is 2.40. The number of pyridine rings is 1. The molecule has 15 heavy (non-hydrogen) atoms. The number of aromatic nitrogens is 4. The Bertz CT molecular complexity index is 455. The minimum Gasteiger partial charge on any atom is -0.321 e. The molecule has 5 nitrogen and oxygen atoms in total. The number of hydrogen-bond acceptors (Lipinski definition) is 4. The van der Waals surface area contributed by atoms with E-state index in [4.69, 9.17) is 5.73 Å². The van der Waals surface area contributed by atoms with E-state index in [2.05, 4.69) is 15.1 Å². The van der Waals surface area contributed by atoms with Crippen molar-refractivity contribution in [2.75, 3.05) is 0 Å². The van der Waals surface area contributed by atoms with Crippen molar-refractivity contribution in [3.63, 3.8) is 0 Å². The maximum atomic E-state index is 6.06. The van der Waals surface area contributed by atoms with Crippen molar-refractivity contribution in [2.24, 2.45) is 5.73 Å². The first-order valence-electron chi connectivity index (χ1n) is 4.88. The highest BCUT2D eigenvalue weighted by atomic mass is 15.3. The van der Waals surface area contributed by atoms with Crippen molar-refractivity contribution in [3.05, 3.63) is 36.5 Å². The summed E-state index contributed by atoms with van der Waals surface area (Å²) in [6, 6.07) is 3.92. The van der Waals surface area contributed by atoms with Gasteiger partial charge in [-0.15, -0.1) is 0 Å². The van der Waals surface area contributed by atoms with Crippen LogP contribution >= 0.6 is 0 Å². The standard InChI is InChI=1S/C10H11N5/c11-10(3-4-10)8-1-2-9(13-5-8)15-7-12-6-14-15/h1-2,5-7H,3-4,11H2. The number of rotatable bonds is 2. The molecule has 1 fully saturated rings. The van der Waals surface area contributed by atoms with E-state index in [0.29, 0.717) is 0 Å². The molecule has 2 aromatic rings. The predicted molar refractivity (Wildman–Crippen MR) is 54.3 cm³/mol. The van der Waals surface area contributed by atoms with Crippen molar-refractivity contribution in [1.82, 2.24) is 19.7 Å². The minimum absolute atomic E-state index is 0.117. The zero-order chi connectivity index (χ0) is 10.3. The zero-order valence-corrected chi connectivity index (χ0v) is 8.17. The number of hydrogen-bond donors (Lipinski definition) is 1. The lowest BCUT2D eigenvalue weighted by Gasteiger charge is -2.08. The molecule has 0 atom stereocenters. The van der Waals surface area contributed by atoms with Gasteiger partial charge >= 0.3 is 0 Å². The SMILES string of the molecule is NC1(c2ccc(-n3cncn3)nc2)CC1. The van der Waals surface area contributed by atoms with Gasteiger partial charge in [0.05, 0.1) is 0 Å². The summed E-state index contributed by atoms with van der Waals surface area (Å²) in [5.74, 6) is 0.764. The van der Waals surface area contributed by atoms with Crippen LogP contribution in [0.3, 0.4) is 0 Å². The molecule has 0 spiro atoms. The molecule has 1 saturated carbocycles. The molecule has 5 heteroatoms. The molecule has 0 aliphatic heterocycles. The molecular weight excluding hydrogens is 190 g/mol. The van der Waals surface area contributed by atoms with Gasteiger partial charge in [-0.3, -0.25) is 0 Å². The Kier molecular flexibility index (Phi) is 1.63. The van der Waals surface area contributed by atoms with Crippen molar-refractivity contribution in [3.8, 4) is 5.82 Å². The van der Waals surface area contributed by atoms with Crippen molar-refractivity contribution in [2.45, 2.75) is 18.4 Å². The lowest BCUT2D eigenvalue weighted by Crippen LogP contribution is -2.18. The molecule has 0 amide bonds. The topological polar surface area (TPSA) is 69.6 Å². The molecular formula is C10H11N5. The van der Waals surface area contributed by atoms with Crippen LogP contribution in [0.25, 0.3) is 5.82 Å². The van der Waals surface area contributed by atoms with Gasteiger partial charge in [-0.2, -0.15) is 5.10 Å². The first-order chi connectivity index (χ1) is 7.28. The third kappa shape index (κ3) is 1.41. The van der Waals surface area contributed by atoms with Gasteiger partial charge in [-0.25, -0.2) is 14.6 Å². The molecule has 0 aromatic carbocycles. The Morgan fingerprint density at radius 2 is 2.20 bits per heavy atom. The van der Waals surface area contributed by atoms with Gasteiger partial charge in [-0.1, -0.05) is 6.07 Å². The molecule has 2 heterocycles. The summed E-state index contributed by atoms with van der Waals surface area (Å²) in [6.07, 6.45) is 7.04. The van der Waals surface area contributed by atoms with Gasteiger partial charge < -0.3 is 5.73 Å². The van der Waals surface area contributed by atoms with Crippen molar-refractivity contribution in [1.29, 1.82) is 0 Å². The van der Waals surface area contributed by atoms with Gasteiger partial charge in [-0.05, 0) is 24.5 Å². The molecule has 2 aromatic heterocycles. The minimum atomic E-state index is -0.117. The average Bonchev–Trinajstić information content (AvgIpc) is 2.84. The van der Waals surface area contributed by atoms with E-state index >= 15 is 0 Å². The van der Waals surface area contributed by atoms with E-state index in [1.807, 2.05) is 18.3 Å². The molecule has 1 aliphatic rings. The Balaban J connectivity index is 1.94. The normalized spacial score (nSPS) is 17.7. The summed E-state index contributed by atoms with van der Waals surface area (Å²) >= 11 is 0. The maximum Gasteiger partial charge on any atom is 0.155 e. The summed E-state index contributed by atoms with van der Waals surface area (Å²) in [5.41, 5.74) is 7.05. The van der Waals surface area contributed by atoms with Crippen LogP contribution in [0.1, 0.15) is 18.4 Å². The third-order valence-electron chi connectivity index (χ3n) is 2.76. The molecule has 1 aliphatic carbocycles. The van der Waals surface area contributed by atoms with E-state index in [0.717, 1.165) is 24.2 Å². The Morgan fingerprint density at radius 1 is 1.33 bits per heavy atom. The molecule has 0 radical (unpaired) electrons. The summed E-state index contributed by atoms with van der Waals surface area (Å²) in [4.78, 5) is 8.18. The highest BCUT2D eigenvalue weighted by molar-refractivity contribution is 5.31. The fourth-order valence-corrected chi connectivity index (χ4v) is 1.57. The van der Waals surface area contributed by atoms with Crippen LogP contribution in [0.15, 0.2) is 31.0 Å². The maximum absolute atomic E-state index is 6.06. The Morgan fingerprint density at radius 3 is 2.73 bits per heavy atom. The van der Waals surface area contributed by atoms with E-state index < -0.39 is 0 Å². The van der Waals surface area contributed by atoms with Crippen LogP contribution < -0.4 is 5.73 Å². The smallest absolute Gasteiger partial charge is 0.155 e. The summed E-state index contributed by atoms with van der Waals surface area (Å²) in [7, 11) is 0. The lowest BCUT2D eigenvalue weighted by molar-refractivity contribution is 0.730. The van der Waals surface area contributed by atoms with Gasteiger partial charge in [0, 0.05) is 11.7 Å². The lowest BCUT2D eigenvalue weighted by atomic mass is 10.1. The van der Waals surface area contributed by atoms with Crippen LogP contribution in [0, 0.1) is 0 Å². The number of nitrogens with zero attached hydrogens (tertiary/aromatic N) is 4. The van der Waals surface area contributed by atoms with Crippen LogP contribution in [-0.4, -0.2) is 19.7 Å². The fourth-order valence-electron chi connectivity index (χ4n) is 1.57. The zero-order valence-electron chi connectivity index (χ0n) is 8.17. The fraction of sp³-hybridized carbons (Fsp3) is 0.300. The predicted octanol–water partition coefficient (Wildman–Crippen LogP) is 0.610. The molecule has 76 valence electrons. The third-order valence-corrected chi connectivity index (χ3v) is 2.76. The van der Waals surface area contributed by atoms with E-state index in [9.17, 15) is 0 Å². The van der Waals surface area contributed by atoms with Crippen LogP contribution in [-0.2, 0) is 5.54 Å². The second-order valence-electron chi connectivity index (χ2n) is 3.90. The van der Waals surface area contributed by atoms with Gasteiger partial charge in [0.25, 0.3) is 0 Å². The highest BCUT2D eigenvalue weighted by Crippen LogP contribution is 2.42. The number of nitrogens with two attached hydrogens (primary N) is 1. The van der Waals surface area contributed by atoms with Gasteiger partial charge in [0.1, 0.15) is 12.7 Å². The molecule has 2 N–H and O–H groups in total. The van der Waals surface area contributed by atoms with E-state index in [1.165, 1.54) is 6.33 Å². The average molecular weight is 201 g/mol. The molecule has 0 bridgehead atoms. The monoisotopic (exact) mass is 201 g/mol. The quantitative estimate of drug-likeness (QED) is 0.772. The van der Waals surface area contributed by atoms with E-state index in [-0.39, 0.29) is 5.54 Å². The van der Waals surface area contributed by atoms with Crippen LogP contribution in [0.4, 0.5) is 0 Å². The molecule has 0 saturated heterocycles. The van der Waals surface area contributed by atoms with Gasteiger partial charge in [0.2, 0.25) is 0 Å². The van der Waals surface area contributed by atoms with Crippen molar-refractivity contribution < 1.29 is 0 Å². The summed E-state index contributed by atoms with van der Waals surface area (Å²) < 4.78 is 1.62. The second-order valence-corrected chi connectivity index (χ2v) is 3.90. The van der Waals surface area contributed by atoms with Crippen LogP contribution in [0.5, 0.6) is 0 Å². The molecule has 0 unspecified atom stereocenters. The van der Waals surface area contributed by atoms with Gasteiger partial charge in [0.15, 0.2) is 5.82 Å².